The molecule has 0 aliphatic rings. The second-order valence-electron chi connectivity index (χ2n) is 5.18. The maximum atomic E-state index is 5.74. The van der Waals surface area contributed by atoms with Gasteiger partial charge in [0.1, 0.15) is 0 Å². The van der Waals surface area contributed by atoms with Crippen LogP contribution in [-0.4, -0.2) is 9.97 Å². The molecule has 2 heterocycles. The number of hydrogen-bond acceptors (Lipinski definition) is 4. The van der Waals surface area contributed by atoms with Crippen molar-refractivity contribution in [2.75, 3.05) is 0 Å². The van der Waals surface area contributed by atoms with Crippen molar-refractivity contribution in [3.8, 4) is 0 Å². The van der Waals surface area contributed by atoms with Crippen molar-refractivity contribution in [1.82, 2.24) is 15.4 Å². The van der Waals surface area contributed by atoms with Crippen molar-refractivity contribution < 1.29 is 0 Å². The van der Waals surface area contributed by atoms with Gasteiger partial charge in [-0.1, -0.05) is 12.1 Å². The van der Waals surface area contributed by atoms with Crippen LogP contribution >= 0.6 is 0 Å². The second-order valence-corrected chi connectivity index (χ2v) is 5.18. The standard InChI is InChI=1S/C17H18N4/c1-12-2-3-14-11-15(4-5-16(14)20-12)17(21-18)10-13-6-8-19-9-7-13/h2-9,11,17,21H,10,18H2,1H3. The number of hydrazine groups is 1. The third-order valence-corrected chi connectivity index (χ3v) is 3.65. The van der Waals surface area contributed by atoms with Gasteiger partial charge in [-0.3, -0.25) is 21.2 Å². The van der Waals surface area contributed by atoms with Crippen LogP contribution < -0.4 is 11.3 Å². The summed E-state index contributed by atoms with van der Waals surface area (Å²) in [5.41, 5.74) is 7.31. The van der Waals surface area contributed by atoms with Gasteiger partial charge in [0.25, 0.3) is 0 Å². The molecule has 1 aromatic carbocycles. The maximum Gasteiger partial charge on any atom is 0.0705 e. The van der Waals surface area contributed by atoms with Gasteiger partial charge in [-0.05, 0) is 54.8 Å². The lowest BCUT2D eigenvalue weighted by atomic mass is 9.98. The van der Waals surface area contributed by atoms with Crippen molar-refractivity contribution in [1.29, 1.82) is 0 Å². The molecule has 1 unspecified atom stereocenters. The minimum atomic E-state index is 0.0677. The van der Waals surface area contributed by atoms with Crippen LogP contribution in [0.25, 0.3) is 10.9 Å². The number of benzene rings is 1. The van der Waals surface area contributed by atoms with E-state index in [-0.39, 0.29) is 6.04 Å². The lowest BCUT2D eigenvalue weighted by Crippen LogP contribution is -2.29. The highest BCUT2D eigenvalue weighted by atomic mass is 15.2. The average Bonchev–Trinajstić information content (AvgIpc) is 2.53. The highest BCUT2D eigenvalue weighted by Gasteiger charge is 2.11. The number of hydrogen-bond donors (Lipinski definition) is 2. The van der Waals surface area contributed by atoms with E-state index in [2.05, 4.69) is 39.7 Å². The van der Waals surface area contributed by atoms with Crippen LogP contribution in [0.15, 0.2) is 54.9 Å². The van der Waals surface area contributed by atoms with Gasteiger partial charge in [-0.15, -0.1) is 0 Å². The first-order valence-electron chi connectivity index (χ1n) is 6.98. The minimum absolute atomic E-state index is 0.0677. The summed E-state index contributed by atoms with van der Waals surface area (Å²) in [6, 6.07) is 14.5. The van der Waals surface area contributed by atoms with Gasteiger partial charge >= 0.3 is 0 Å². The van der Waals surface area contributed by atoms with Crippen LogP contribution in [0.1, 0.15) is 22.9 Å². The Balaban J connectivity index is 1.91. The maximum absolute atomic E-state index is 5.74. The molecule has 21 heavy (non-hydrogen) atoms. The fraction of sp³-hybridized carbons (Fsp3) is 0.176. The van der Waals surface area contributed by atoms with Gasteiger partial charge in [0, 0.05) is 23.5 Å². The second kappa shape index (κ2) is 5.99. The van der Waals surface area contributed by atoms with Crippen LogP contribution in [0.5, 0.6) is 0 Å². The first kappa shape index (κ1) is 13.7. The number of nitrogens with one attached hydrogen (secondary N) is 1. The molecule has 0 radical (unpaired) electrons. The summed E-state index contributed by atoms with van der Waals surface area (Å²) in [6.07, 6.45) is 4.43. The number of nitrogens with two attached hydrogens (primary N) is 1. The molecule has 106 valence electrons. The summed E-state index contributed by atoms with van der Waals surface area (Å²) < 4.78 is 0. The fourth-order valence-electron chi connectivity index (χ4n) is 2.49. The van der Waals surface area contributed by atoms with E-state index in [0.717, 1.165) is 28.6 Å². The molecule has 3 N–H and O–H groups in total. The summed E-state index contributed by atoms with van der Waals surface area (Å²) in [5, 5.41) is 1.13. The number of fused-ring (bicyclic) bond motifs is 1. The number of nitrogens with zero attached hydrogens (tertiary/aromatic N) is 2. The minimum Gasteiger partial charge on any atom is -0.271 e. The fourth-order valence-corrected chi connectivity index (χ4v) is 2.49. The molecule has 3 rings (SSSR count). The summed E-state index contributed by atoms with van der Waals surface area (Å²) in [6.45, 7) is 2.00. The van der Waals surface area contributed by atoms with E-state index in [4.69, 9.17) is 5.84 Å². The van der Waals surface area contributed by atoms with E-state index in [1.165, 1.54) is 5.56 Å². The van der Waals surface area contributed by atoms with E-state index in [1.807, 2.05) is 25.1 Å². The molecule has 3 aromatic rings. The highest BCUT2D eigenvalue weighted by molar-refractivity contribution is 5.79. The Kier molecular flexibility index (Phi) is 3.90. The number of pyridine rings is 2. The quantitative estimate of drug-likeness (QED) is 0.569. The van der Waals surface area contributed by atoms with Crippen LogP contribution in [-0.2, 0) is 6.42 Å². The molecule has 0 saturated heterocycles. The van der Waals surface area contributed by atoms with Crippen LogP contribution in [0.2, 0.25) is 0 Å². The van der Waals surface area contributed by atoms with E-state index in [0.29, 0.717) is 0 Å². The first-order chi connectivity index (χ1) is 10.3. The van der Waals surface area contributed by atoms with Crippen LogP contribution in [0.3, 0.4) is 0 Å². The molecule has 0 fully saturated rings. The summed E-state index contributed by atoms with van der Waals surface area (Å²) in [7, 11) is 0. The Morgan fingerprint density at radius 1 is 1.10 bits per heavy atom. The molecule has 4 heteroatoms. The number of rotatable bonds is 4. The van der Waals surface area contributed by atoms with Gasteiger partial charge in [-0.2, -0.15) is 0 Å². The number of aromatic nitrogens is 2. The zero-order valence-electron chi connectivity index (χ0n) is 12.0. The summed E-state index contributed by atoms with van der Waals surface area (Å²) in [5.74, 6) is 5.74. The van der Waals surface area contributed by atoms with E-state index in [1.54, 1.807) is 12.4 Å². The number of aryl methyl sites for hydroxylation is 1. The van der Waals surface area contributed by atoms with Gasteiger partial charge in [0.15, 0.2) is 0 Å². The molecule has 1 atom stereocenters. The Hall–Kier alpha value is -2.30. The SMILES string of the molecule is Cc1ccc2cc(C(Cc3ccncc3)NN)ccc2n1. The third kappa shape index (κ3) is 3.07. The van der Waals surface area contributed by atoms with Crippen molar-refractivity contribution in [2.45, 2.75) is 19.4 Å². The molecular weight excluding hydrogens is 260 g/mol. The Morgan fingerprint density at radius 3 is 2.67 bits per heavy atom. The monoisotopic (exact) mass is 278 g/mol. The van der Waals surface area contributed by atoms with Crippen molar-refractivity contribution >= 4 is 10.9 Å². The summed E-state index contributed by atoms with van der Waals surface area (Å²) in [4.78, 5) is 8.57. The Labute approximate surface area is 124 Å². The molecule has 0 aliphatic heterocycles. The molecule has 4 nitrogen and oxygen atoms in total. The molecule has 0 bridgehead atoms. The first-order valence-corrected chi connectivity index (χ1v) is 6.98. The highest BCUT2D eigenvalue weighted by Crippen LogP contribution is 2.22. The average molecular weight is 278 g/mol. The van der Waals surface area contributed by atoms with Crippen molar-refractivity contribution in [2.24, 2.45) is 5.84 Å². The summed E-state index contributed by atoms with van der Waals surface area (Å²) >= 11 is 0. The third-order valence-electron chi connectivity index (χ3n) is 3.65. The predicted molar refractivity (Wildman–Crippen MR) is 84.5 cm³/mol. The largest absolute Gasteiger partial charge is 0.271 e. The van der Waals surface area contributed by atoms with Crippen LogP contribution in [0, 0.1) is 6.92 Å². The molecule has 2 aromatic heterocycles. The zero-order valence-corrected chi connectivity index (χ0v) is 12.0. The van der Waals surface area contributed by atoms with E-state index >= 15 is 0 Å². The zero-order chi connectivity index (χ0) is 14.7. The van der Waals surface area contributed by atoms with Crippen molar-refractivity contribution in [3.05, 3.63) is 71.7 Å². The van der Waals surface area contributed by atoms with Gasteiger partial charge in [0.2, 0.25) is 0 Å². The van der Waals surface area contributed by atoms with Gasteiger partial charge in [0.05, 0.1) is 11.6 Å². The molecule has 0 aliphatic carbocycles. The van der Waals surface area contributed by atoms with E-state index < -0.39 is 0 Å². The smallest absolute Gasteiger partial charge is 0.0705 e. The molecule has 0 amide bonds. The van der Waals surface area contributed by atoms with Crippen LogP contribution in [0.4, 0.5) is 0 Å². The Morgan fingerprint density at radius 2 is 1.90 bits per heavy atom. The van der Waals surface area contributed by atoms with Crippen molar-refractivity contribution in [3.63, 3.8) is 0 Å². The molecule has 0 saturated carbocycles. The normalized spacial score (nSPS) is 12.5. The van der Waals surface area contributed by atoms with E-state index in [9.17, 15) is 0 Å². The van der Waals surface area contributed by atoms with Gasteiger partial charge in [-0.25, -0.2) is 0 Å². The molecule has 0 spiro atoms. The lowest BCUT2D eigenvalue weighted by Gasteiger charge is -2.17. The topological polar surface area (TPSA) is 63.8 Å². The Bertz CT molecular complexity index is 740. The lowest BCUT2D eigenvalue weighted by molar-refractivity contribution is 0.552. The molecular formula is C17H18N4. The predicted octanol–water partition coefficient (Wildman–Crippen LogP) is 2.69. The van der Waals surface area contributed by atoms with Gasteiger partial charge < -0.3 is 0 Å².